The molecule has 21 heavy (non-hydrogen) atoms. The zero-order valence-corrected chi connectivity index (χ0v) is 11.3. The average Bonchev–Trinajstić information content (AvgIpc) is 2.47. The summed E-state index contributed by atoms with van der Waals surface area (Å²) in [5.41, 5.74) is 0.774. The first-order valence-electron chi connectivity index (χ1n) is 6.42. The van der Waals surface area contributed by atoms with Gasteiger partial charge < -0.3 is 5.32 Å². The van der Waals surface area contributed by atoms with Gasteiger partial charge in [0.25, 0.3) is 0 Å². The molecule has 0 saturated heterocycles. The van der Waals surface area contributed by atoms with Crippen LogP contribution < -0.4 is 5.32 Å². The van der Waals surface area contributed by atoms with E-state index in [1.807, 2.05) is 31.2 Å². The second-order valence-electron chi connectivity index (χ2n) is 4.51. The van der Waals surface area contributed by atoms with Crippen LogP contribution >= 0.6 is 0 Å². The summed E-state index contributed by atoms with van der Waals surface area (Å²) >= 11 is 0. The van der Waals surface area contributed by atoms with E-state index in [1.165, 1.54) is 12.1 Å². The van der Waals surface area contributed by atoms with Crippen LogP contribution in [0, 0.1) is 11.3 Å². The Balaban J connectivity index is 2.40. The highest BCUT2D eigenvalue weighted by atomic mass is 19.4. The first kappa shape index (κ1) is 14.9. The highest BCUT2D eigenvalue weighted by Gasteiger charge is 2.33. The molecule has 2 nitrogen and oxygen atoms in total. The van der Waals surface area contributed by atoms with Crippen molar-refractivity contribution in [3.05, 3.63) is 59.2 Å². The fourth-order valence-electron chi connectivity index (χ4n) is 2.06. The minimum Gasteiger partial charge on any atom is -0.355 e. The van der Waals surface area contributed by atoms with E-state index >= 15 is 0 Å². The Labute approximate surface area is 120 Å². The third-order valence-electron chi connectivity index (χ3n) is 3.12. The summed E-state index contributed by atoms with van der Waals surface area (Å²) in [6.07, 6.45) is -3.78. The van der Waals surface area contributed by atoms with E-state index in [9.17, 15) is 13.2 Å². The first-order valence-corrected chi connectivity index (χ1v) is 6.42. The Morgan fingerprint density at radius 1 is 1.14 bits per heavy atom. The summed E-state index contributed by atoms with van der Waals surface area (Å²) in [6.45, 7) is 1.97. The van der Waals surface area contributed by atoms with Gasteiger partial charge in [-0.25, -0.2) is 0 Å². The van der Waals surface area contributed by atoms with Crippen LogP contribution in [0.1, 0.15) is 23.6 Å². The number of aryl methyl sites for hydroxylation is 1. The summed E-state index contributed by atoms with van der Waals surface area (Å²) in [7, 11) is 0. The quantitative estimate of drug-likeness (QED) is 0.874. The van der Waals surface area contributed by atoms with Gasteiger partial charge in [-0.2, -0.15) is 18.4 Å². The molecule has 0 aliphatic carbocycles. The van der Waals surface area contributed by atoms with Crippen LogP contribution in [-0.4, -0.2) is 0 Å². The predicted molar refractivity (Wildman–Crippen MR) is 75.3 cm³/mol. The van der Waals surface area contributed by atoms with E-state index in [4.69, 9.17) is 5.26 Å². The zero-order valence-electron chi connectivity index (χ0n) is 11.3. The van der Waals surface area contributed by atoms with E-state index in [2.05, 4.69) is 5.32 Å². The van der Waals surface area contributed by atoms with E-state index in [0.29, 0.717) is 5.69 Å². The Kier molecular flexibility index (Phi) is 4.18. The lowest BCUT2D eigenvalue weighted by Crippen LogP contribution is -2.08. The van der Waals surface area contributed by atoms with E-state index in [0.717, 1.165) is 23.7 Å². The molecule has 0 aliphatic rings. The number of hydrogen-bond donors (Lipinski definition) is 1. The van der Waals surface area contributed by atoms with E-state index < -0.39 is 11.7 Å². The molecule has 2 aromatic rings. The summed E-state index contributed by atoms with van der Waals surface area (Å²) in [4.78, 5) is 0. The molecule has 0 saturated carbocycles. The van der Waals surface area contributed by atoms with Gasteiger partial charge >= 0.3 is 6.18 Å². The van der Waals surface area contributed by atoms with Crippen molar-refractivity contribution in [2.24, 2.45) is 0 Å². The molecule has 0 bridgehead atoms. The average molecular weight is 290 g/mol. The third kappa shape index (κ3) is 3.34. The standard InChI is InChI=1S/C16H13F3N2/c1-2-11-5-3-4-6-15(11)21-13-8-7-12(10-20)14(9-13)16(17,18)19/h3-9,21H,2H2,1H3. The lowest BCUT2D eigenvalue weighted by molar-refractivity contribution is -0.137. The number of rotatable bonds is 3. The fraction of sp³-hybridized carbons (Fsp3) is 0.188. The topological polar surface area (TPSA) is 35.8 Å². The number of nitrogens with zero attached hydrogens (tertiary/aromatic N) is 1. The second kappa shape index (κ2) is 5.88. The lowest BCUT2D eigenvalue weighted by atomic mass is 10.1. The molecular formula is C16H13F3N2. The molecular weight excluding hydrogens is 277 g/mol. The molecule has 0 atom stereocenters. The van der Waals surface area contributed by atoms with Crippen molar-refractivity contribution in [2.75, 3.05) is 5.32 Å². The number of nitriles is 1. The Bertz CT molecular complexity index is 685. The molecule has 0 spiro atoms. The lowest BCUT2D eigenvalue weighted by Gasteiger charge is -2.14. The molecule has 0 fully saturated rings. The summed E-state index contributed by atoms with van der Waals surface area (Å²) in [5.74, 6) is 0. The normalized spacial score (nSPS) is 11.0. The number of halogens is 3. The van der Waals surface area contributed by atoms with Gasteiger partial charge in [-0.15, -0.1) is 0 Å². The van der Waals surface area contributed by atoms with Crippen LogP contribution in [0.15, 0.2) is 42.5 Å². The molecule has 0 unspecified atom stereocenters. The maximum Gasteiger partial charge on any atom is 0.417 e. The van der Waals surface area contributed by atoms with Crippen molar-refractivity contribution in [1.82, 2.24) is 0 Å². The zero-order chi connectivity index (χ0) is 15.5. The van der Waals surface area contributed by atoms with Crippen LogP contribution in [-0.2, 0) is 12.6 Å². The number of para-hydroxylation sites is 1. The van der Waals surface area contributed by atoms with Crippen LogP contribution in [0.5, 0.6) is 0 Å². The van der Waals surface area contributed by atoms with Gasteiger partial charge in [-0.1, -0.05) is 25.1 Å². The van der Waals surface area contributed by atoms with Crippen molar-refractivity contribution >= 4 is 11.4 Å². The van der Waals surface area contributed by atoms with Crippen LogP contribution in [0.25, 0.3) is 0 Å². The maximum atomic E-state index is 12.9. The predicted octanol–water partition coefficient (Wildman–Crippen LogP) is 4.88. The largest absolute Gasteiger partial charge is 0.417 e. The summed E-state index contributed by atoms with van der Waals surface area (Å²) in [6, 6.07) is 12.6. The monoisotopic (exact) mass is 290 g/mol. The van der Waals surface area contributed by atoms with Gasteiger partial charge in [0.1, 0.15) is 0 Å². The number of anilines is 2. The van der Waals surface area contributed by atoms with Gasteiger partial charge in [-0.3, -0.25) is 0 Å². The molecule has 0 amide bonds. The summed E-state index contributed by atoms with van der Waals surface area (Å²) in [5, 5.41) is 11.8. The van der Waals surface area contributed by atoms with Crippen molar-refractivity contribution in [1.29, 1.82) is 5.26 Å². The number of nitrogens with one attached hydrogen (secondary N) is 1. The molecule has 0 radical (unpaired) electrons. The minimum absolute atomic E-state index is 0.308. The van der Waals surface area contributed by atoms with Crippen molar-refractivity contribution in [3.63, 3.8) is 0 Å². The summed E-state index contributed by atoms with van der Waals surface area (Å²) < 4.78 is 38.8. The maximum absolute atomic E-state index is 12.9. The van der Waals surface area contributed by atoms with Gasteiger partial charge in [0.05, 0.1) is 17.2 Å². The van der Waals surface area contributed by atoms with E-state index in [1.54, 1.807) is 6.07 Å². The van der Waals surface area contributed by atoms with Gasteiger partial charge in [0, 0.05) is 11.4 Å². The smallest absolute Gasteiger partial charge is 0.355 e. The Hall–Kier alpha value is -2.48. The van der Waals surface area contributed by atoms with Gasteiger partial charge in [0.2, 0.25) is 0 Å². The first-order chi connectivity index (χ1) is 9.95. The third-order valence-corrected chi connectivity index (χ3v) is 3.12. The van der Waals surface area contributed by atoms with Crippen molar-refractivity contribution in [2.45, 2.75) is 19.5 Å². The molecule has 5 heteroatoms. The minimum atomic E-state index is -4.55. The molecule has 0 heterocycles. The SMILES string of the molecule is CCc1ccccc1Nc1ccc(C#N)c(C(F)(F)F)c1. The van der Waals surface area contributed by atoms with Crippen molar-refractivity contribution < 1.29 is 13.2 Å². The Morgan fingerprint density at radius 2 is 1.86 bits per heavy atom. The fourth-order valence-corrected chi connectivity index (χ4v) is 2.06. The van der Waals surface area contributed by atoms with Crippen LogP contribution in [0.2, 0.25) is 0 Å². The number of hydrogen-bond acceptors (Lipinski definition) is 2. The highest BCUT2D eigenvalue weighted by molar-refractivity contribution is 5.65. The van der Waals surface area contributed by atoms with Crippen LogP contribution in [0.3, 0.4) is 0 Å². The van der Waals surface area contributed by atoms with Crippen LogP contribution in [0.4, 0.5) is 24.5 Å². The second-order valence-corrected chi connectivity index (χ2v) is 4.51. The molecule has 2 aromatic carbocycles. The molecule has 108 valence electrons. The molecule has 2 rings (SSSR count). The number of benzene rings is 2. The number of alkyl halides is 3. The Morgan fingerprint density at radius 3 is 2.48 bits per heavy atom. The van der Waals surface area contributed by atoms with Gasteiger partial charge in [0.15, 0.2) is 0 Å². The van der Waals surface area contributed by atoms with Gasteiger partial charge in [-0.05, 0) is 36.2 Å². The molecule has 1 N–H and O–H groups in total. The molecule has 0 aromatic heterocycles. The highest BCUT2D eigenvalue weighted by Crippen LogP contribution is 2.34. The van der Waals surface area contributed by atoms with E-state index in [-0.39, 0.29) is 5.56 Å². The van der Waals surface area contributed by atoms with Crippen molar-refractivity contribution in [3.8, 4) is 6.07 Å². The molecule has 0 aliphatic heterocycles.